The number of aliphatic hydroxyl groups excluding tert-OH is 1. The monoisotopic (exact) mass is 1230 g/mol. The molecule has 3 fully saturated rings. The van der Waals surface area contributed by atoms with E-state index in [1.807, 2.05) is 42.6 Å². The topological polar surface area (TPSA) is 238 Å². The van der Waals surface area contributed by atoms with Gasteiger partial charge in [-0.15, -0.1) is 0 Å². The number of hydrogen-bond donors (Lipinski definition) is 9. The number of H-pyrrole nitrogens is 1. The molecule has 4 aliphatic carbocycles. The number of rotatable bonds is 12. The highest BCUT2D eigenvalue weighted by Gasteiger charge is 2.52. The van der Waals surface area contributed by atoms with Gasteiger partial charge in [0.25, 0.3) is 10.1 Å². The molecular formula is C75H88N6O8S. The first-order valence-electron chi connectivity index (χ1n) is 33.3. The highest BCUT2D eigenvalue weighted by molar-refractivity contribution is 7.86. The van der Waals surface area contributed by atoms with Gasteiger partial charge in [-0.3, -0.25) is 4.55 Å². The average molecular weight is 1230 g/mol. The lowest BCUT2D eigenvalue weighted by Crippen LogP contribution is -2.48. The fourth-order valence-corrected chi connectivity index (χ4v) is 19.4. The third-order valence-corrected chi connectivity index (χ3v) is 24.0. The van der Waals surface area contributed by atoms with Gasteiger partial charge in [-0.05, 0) is 206 Å². The number of phenols is 1. The summed E-state index contributed by atoms with van der Waals surface area (Å²) in [4.78, 5) is 8.57. The Balaban J connectivity index is 0.887. The fourth-order valence-electron chi connectivity index (χ4n) is 18.3. The number of aryl methyl sites for hydroxylation is 1. The van der Waals surface area contributed by atoms with Crippen molar-refractivity contribution >= 4 is 21.9 Å². The number of aliphatic imine (C=N–C) groups is 1. The first-order chi connectivity index (χ1) is 43.5. The molecule has 6 aliphatic heterocycles. The van der Waals surface area contributed by atoms with Crippen LogP contribution in [0.3, 0.4) is 0 Å². The van der Waals surface area contributed by atoms with Crippen molar-refractivity contribution < 1.29 is 37.8 Å². The number of ether oxygens (including phenoxy) is 2. The smallest absolute Gasteiger partial charge is 0.268 e. The van der Waals surface area contributed by atoms with Crippen molar-refractivity contribution in [2.24, 2.45) is 46.0 Å². The number of allylic oxidation sites excluding steroid dienone is 1. The Morgan fingerprint density at radius 1 is 0.878 bits per heavy atom. The number of aromatic nitrogens is 1. The van der Waals surface area contributed by atoms with E-state index in [-0.39, 0.29) is 78.3 Å². The number of guanidine groups is 1. The Hall–Kier alpha value is -6.90. The molecule has 11 N–H and O–H groups in total. The number of hydrogen-bond acceptors (Lipinski definition) is 10. The van der Waals surface area contributed by atoms with Crippen LogP contribution in [0.2, 0.25) is 0 Å². The van der Waals surface area contributed by atoms with Gasteiger partial charge in [-0.1, -0.05) is 123 Å². The normalized spacial score (nSPS) is 31.1. The van der Waals surface area contributed by atoms with Crippen molar-refractivity contribution in [3.05, 3.63) is 195 Å². The van der Waals surface area contributed by atoms with E-state index >= 15 is 0 Å². The Labute approximate surface area is 530 Å². The van der Waals surface area contributed by atoms with E-state index in [1.165, 1.54) is 42.4 Å². The van der Waals surface area contributed by atoms with Crippen molar-refractivity contribution in [1.82, 2.24) is 10.3 Å². The van der Waals surface area contributed by atoms with Crippen molar-refractivity contribution in [3.8, 4) is 23.3 Å². The van der Waals surface area contributed by atoms with Gasteiger partial charge in [0, 0.05) is 72.8 Å². The number of nitrogens with one attached hydrogen (secondary N) is 3. The van der Waals surface area contributed by atoms with E-state index in [1.54, 1.807) is 12.1 Å². The van der Waals surface area contributed by atoms with Crippen molar-refractivity contribution in [3.63, 3.8) is 0 Å². The predicted molar refractivity (Wildman–Crippen MR) is 352 cm³/mol. The third kappa shape index (κ3) is 11.9. The Morgan fingerprint density at radius 3 is 2.47 bits per heavy atom. The van der Waals surface area contributed by atoms with Crippen molar-refractivity contribution in [2.75, 3.05) is 25.0 Å². The van der Waals surface area contributed by atoms with E-state index in [9.17, 15) is 28.3 Å². The molecule has 7 heterocycles. The fraction of sp³-hybridized carbons (Fsp3) is 0.480. The quantitative estimate of drug-likeness (QED) is 0.0183. The van der Waals surface area contributed by atoms with Crippen LogP contribution in [0.5, 0.6) is 11.5 Å². The number of aliphatic hydroxyl groups is 2. The van der Waals surface area contributed by atoms with Crippen LogP contribution in [0.1, 0.15) is 189 Å². The maximum absolute atomic E-state index is 14.6. The zero-order valence-electron chi connectivity index (χ0n) is 51.7. The number of nitrogens with zero attached hydrogens (tertiary/aromatic N) is 1. The molecule has 10 aliphatic rings. The summed E-state index contributed by atoms with van der Waals surface area (Å²) in [7, 11) is -4.71. The third-order valence-electron chi connectivity index (χ3n) is 22.8. The van der Waals surface area contributed by atoms with E-state index in [0.717, 1.165) is 78.0 Å². The van der Waals surface area contributed by atoms with Gasteiger partial charge in [0.1, 0.15) is 23.4 Å². The standard InChI is InChI=1S/C75H88N6O8S/c1-46-16-17-52-36-59-24-26-61(52)63(46)40-68(90(85,86)87)65-39-55-34-54(37-60-33-48(44-82)12-7-13-51-35-58(83)23-25-62(51)71(55)88-60)70(65)49-18-21-56(22-19-49)75(89-59,81-72(76)77)42-57(32-47-10-3-2-4-11-47)74(84)30-8-14-53(41-74)50-20-27-66-64(38-50)67(43-79-69-15-9-31-78-69)80-45-73(66)28-5-6-29-73/h2-4,9-11,15,18-27,31,35-36,38-39,46,48,53-54,57,60,63,65,67-68,70-71,78-80,82-84H,5-6,8,12,14,16-17,28-30,32-34,37,40-45H2,1H3,(H4,76,77,81)(H,85,86,87). The second-order valence-corrected chi connectivity index (χ2v) is 29.9. The zero-order chi connectivity index (χ0) is 61.9. The molecule has 0 radical (unpaired) electrons. The maximum Gasteiger partial charge on any atom is 0.268 e. The largest absolute Gasteiger partial charge is 0.508 e. The lowest BCUT2D eigenvalue weighted by Gasteiger charge is -2.46. The SMILES string of the molecule is CC1CCc2cc3ccc2C1CC(S(=O)(=O)O)C1C=C2CC(CC4CC(CO)CC#Cc5cc(O)ccc5C2O4)C1c1ccc(cc1)C(CC(Cc1ccccc1)C1(O)CCCC(c2ccc4c(c2)C(CNc2ccc[nH]2)NCC42CCCC2)C1)(N=C(N)N)O3. The van der Waals surface area contributed by atoms with Crippen LogP contribution in [0.4, 0.5) is 5.82 Å². The maximum atomic E-state index is 14.6. The number of aromatic amines is 1. The Bertz CT molecular complexity index is 3830. The van der Waals surface area contributed by atoms with E-state index in [0.29, 0.717) is 61.8 Å². The molecule has 15 heteroatoms. The second kappa shape index (κ2) is 24.6. The highest BCUT2D eigenvalue weighted by Crippen LogP contribution is 2.57. The van der Waals surface area contributed by atoms with Crippen LogP contribution < -0.4 is 26.8 Å². The zero-order valence-corrected chi connectivity index (χ0v) is 52.5. The van der Waals surface area contributed by atoms with Crippen LogP contribution in [-0.4, -0.2) is 75.9 Å². The molecule has 0 amide bonds. The van der Waals surface area contributed by atoms with Crippen molar-refractivity contribution in [2.45, 2.75) is 174 Å². The molecule has 5 aromatic carbocycles. The molecule has 14 atom stereocenters. The minimum Gasteiger partial charge on any atom is -0.508 e. The van der Waals surface area contributed by atoms with Crippen LogP contribution in [-0.2, 0) is 38.8 Å². The lowest BCUT2D eigenvalue weighted by molar-refractivity contribution is -0.0834. The molecule has 1 aromatic heterocycles. The summed E-state index contributed by atoms with van der Waals surface area (Å²) in [5.41, 5.74) is 21.9. The van der Waals surface area contributed by atoms with Crippen LogP contribution in [0.15, 0.2) is 144 Å². The molecule has 1 spiro atoms. The summed E-state index contributed by atoms with van der Waals surface area (Å²) in [6.07, 6.45) is 15.4. The van der Waals surface area contributed by atoms with Gasteiger partial charge in [0.05, 0.1) is 17.0 Å². The van der Waals surface area contributed by atoms with Crippen molar-refractivity contribution in [1.29, 1.82) is 0 Å². The minimum atomic E-state index is -4.71. The number of phenolic OH excluding ortho intramolecular Hbond substituents is 1. The molecule has 16 rings (SSSR count). The van der Waals surface area contributed by atoms with Crippen LogP contribution >= 0.6 is 0 Å². The van der Waals surface area contributed by atoms with Gasteiger partial charge in [-0.2, -0.15) is 8.42 Å². The summed E-state index contributed by atoms with van der Waals surface area (Å²) >= 11 is 0. The van der Waals surface area contributed by atoms with Gasteiger partial charge >= 0.3 is 0 Å². The number of anilines is 1. The molecular weight excluding hydrogens is 1140 g/mol. The number of benzene rings is 5. The second-order valence-electron chi connectivity index (χ2n) is 28.3. The molecule has 2 saturated carbocycles. The molecule has 6 aromatic rings. The van der Waals surface area contributed by atoms with Gasteiger partial charge in [0.15, 0.2) is 5.96 Å². The summed E-state index contributed by atoms with van der Waals surface area (Å²) in [5, 5.41) is 42.0. The molecule has 472 valence electrons. The van der Waals surface area contributed by atoms with Gasteiger partial charge < -0.3 is 51.9 Å². The molecule has 90 heavy (non-hydrogen) atoms. The Morgan fingerprint density at radius 2 is 1.69 bits per heavy atom. The lowest BCUT2D eigenvalue weighted by atomic mass is 9.64. The Kier molecular flexibility index (Phi) is 16.6. The predicted octanol–water partition coefficient (Wildman–Crippen LogP) is 12.4. The van der Waals surface area contributed by atoms with Crippen LogP contribution in [0, 0.1) is 41.4 Å². The highest BCUT2D eigenvalue weighted by atomic mass is 32.2. The summed E-state index contributed by atoms with van der Waals surface area (Å²) in [6.45, 7) is 3.82. The summed E-state index contributed by atoms with van der Waals surface area (Å²) in [6, 6.07) is 41.4. The minimum absolute atomic E-state index is 0.0704. The first-order valence-corrected chi connectivity index (χ1v) is 34.8. The number of aromatic hydroxyl groups is 1. The number of nitrogens with two attached hydrogens (primary N) is 2. The molecule has 1 saturated heterocycles. The molecule has 14 nitrogen and oxygen atoms in total. The average Bonchev–Trinajstić information content (AvgIpc) is 1.39. The van der Waals surface area contributed by atoms with E-state index < -0.39 is 50.6 Å². The van der Waals surface area contributed by atoms with E-state index in [4.69, 9.17) is 25.9 Å². The van der Waals surface area contributed by atoms with Gasteiger partial charge in [0.2, 0.25) is 5.72 Å². The summed E-state index contributed by atoms with van der Waals surface area (Å²) in [5.74, 6) is 6.13. The van der Waals surface area contributed by atoms with Crippen LogP contribution in [0.25, 0.3) is 0 Å². The molecule has 14 unspecified atom stereocenters. The van der Waals surface area contributed by atoms with E-state index in [2.05, 4.69) is 113 Å². The number of fused-ring (bicyclic) bond motifs is 11. The summed E-state index contributed by atoms with van der Waals surface area (Å²) < 4.78 is 55.8. The van der Waals surface area contributed by atoms with Gasteiger partial charge in [-0.25, -0.2) is 4.99 Å². The first kappa shape index (κ1) is 60.7. The molecule has 10 bridgehead atoms.